The summed E-state index contributed by atoms with van der Waals surface area (Å²) >= 11 is 0. The fraction of sp³-hybridized carbons (Fsp3) is 0.238. The molecule has 0 fully saturated rings. The van der Waals surface area contributed by atoms with Gasteiger partial charge in [0.15, 0.2) is 5.84 Å². The summed E-state index contributed by atoms with van der Waals surface area (Å²) in [6.07, 6.45) is 4.75. The second kappa shape index (κ2) is 8.42. The van der Waals surface area contributed by atoms with Crippen molar-refractivity contribution in [3.05, 3.63) is 59.5 Å². The highest BCUT2D eigenvalue weighted by molar-refractivity contribution is 7.90. The van der Waals surface area contributed by atoms with Crippen molar-refractivity contribution in [3.63, 3.8) is 0 Å². The van der Waals surface area contributed by atoms with E-state index < -0.39 is 21.9 Å². The summed E-state index contributed by atoms with van der Waals surface area (Å²) < 4.78 is 32.9. The molecule has 1 aromatic carbocycles. The summed E-state index contributed by atoms with van der Waals surface area (Å²) in [7, 11) is -3.67. The maximum Gasteiger partial charge on any atom is 0.343 e. The van der Waals surface area contributed by atoms with Gasteiger partial charge in [-0.25, -0.2) is 18.2 Å². The fourth-order valence-corrected chi connectivity index (χ4v) is 4.39. The summed E-state index contributed by atoms with van der Waals surface area (Å²) in [4.78, 5) is 32.0. The number of anilines is 1. The SMILES string of the molecule is CCOC(=O)C1=C(C)Nc2ccccc2N=C1NC(=O)C1=CC=CN2CCS(=O)(=O)N=C12. The summed E-state index contributed by atoms with van der Waals surface area (Å²) in [5.41, 5.74) is 1.73. The number of rotatable bonds is 3. The average Bonchev–Trinajstić information content (AvgIpc) is 2.87. The first kappa shape index (κ1) is 21.5. The number of para-hydroxylation sites is 2. The smallest absolute Gasteiger partial charge is 0.343 e. The van der Waals surface area contributed by atoms with Crippen molar-refractivity contribution < 1.29 is 22.7 Å². The summed E-state index contributed by atoms with van der Waals surface area (Å²) in [6, 6.07) is 7.13. The van der Waals surface area contributed by atoms with Crippen LogP contribution >= 0.6 is 0 Å². The van der Waals surface area contributed by atoms with Gasteiger partial charge in [0.25, 0.3) is 15.9 Å². The van der Waals surface area contributed by atoms with Gasteiger partial charge in [0.2, 0.25) is 0 Å². The maximum atomic E-state index is 13.2. The third-order valence-electron chi connectivity index (χ3n) is 4.88. The van der Waals surface area contributed by atoms with Crippen molar-refractivity contribution in [2.24, 2.45) is 9.39 Å². The number of ether oxygens (including phenoxy) is 1. The minimum atomic E-state index is -3.67. The zero-order chi connectivity index (χ0) is 22.9. The van der Waals surface area contributed by atoms with Gasteiger partial charge in [-0.05, 0) is 38.1 Å². The molecule has 1 amide bonds. The minimum absolute atomic E-state index is 0.00957. The van der Waals surface area contributed by atoms with E-state index in [0.29, 0.717) is 17.1 Å². The van der Waals surface area contributed by atoms with Crippen LogP contribution in [0.4, 0.5) is 11.4 Å². The predicted molar refractivity (Wildman–Crippen MR) is 120 cm³/mol. The monoisotopic (exact) mass is 455 g/mol. The predicted octanol–water partition coefficient (Wildman–Crippen LogP) is 1.59. The first-order valence-electron chi connectivity index (χ1n) is 9.91. The number of carbonyl (C=O) groups is 2. The van der Waals surface area contributed by atoms with Crippen LogP contribution < -0.4 is 10.6 Å². The van der Waals surface area contributed by atoms with Crippen LogP contribution in [0.5, 0.6) is 0 Å². The number of sulfonamides is 1. The van der Waals surface area contributed by atoms with Crippen molar-refractivity contribution in [3.8, 4) is 0 Å². The van der Waals surface area contributed by atoms with E-state index in [4.69, 9.17) is 4.74 Å². The van der Waals surface area contributed by atoms with Crippen molar-refractivity contribution in [1.82, 2.24) is 10.2 Å². The molecule has 0 aromatic heterocycles. The van der Waals surface area contributed by atoms with E-state index in [-0.39, 0.29) is 41.7 Å². The van der Waals surface area contributed by atoms with E-state index in [1.54, 1.807) is 49.2 Å². The molecule has 32 heavy (non-hydrogen) atoms. The Morgan fingerprint density at radius 1 is 1.28 bits per heavy atom. The number of fused-ring (bicyclic) bond motifs is 2. The van der Waals surface area contributed by atoms with Crippen LogP contribution in [0.25, 0.3) is 0 Å². The van der Waals surface area contributed by atoms with Crippen molar-refractivity contribution >= 4 is 44.9 Å². The molecule has 0 spiro atoms. The topological polar surface area (TPSA) is 130 Å². The Morgan fingerprint density at radius 3 is 2.84 bits per heavy atom. The Labute approximate surface area is 185 Å². The lowest BCUT2D eigenvalue weighted by Crippen LogP contribution is -2.44. The molecular weight excluding hydrogens is 434 g/mol. The van der Waals surface area contributed by atoms with E-state index >= 15 is 0 Å². The summed E-state index contributed by atoms with van der Waals surface area (Å²) in [5, 5.41) is 5.78. The number of aliphatic imine (C=N–C) groups is 1. The van der Waals surface area contributed by atoms with Crippen molar-refractivity contribution in [2.45, 2.75) is 13.8 Å². The van der Waals surface area contributed by atoms with Gasteiger partial charge in [-0.3, -0.25) is 4.79 Å². The van der Waals surface area contributed by atoms with Crippen LogP contribution in [0, 0.1) is 0 Å². The van der Waals surface area contributed by atoms with E-state index in [2.05, 4.69) is 20.0 Å². The van der Waals surface area contributed by atoms with Gasteiger partial charge in [0.05, 0.1) is 29.3 Å². The summed E-state index contributed by atoms with van der Waals surface area (Å²) in [6.45, 7) is 3.69. The zero-order valence-electron chi connectivity index (χ0n) is 17.5. The highest BCUT2D eigenvalue weighted by Crippen LogP contribution is 2.30. The Morgan fingerprint density at radius 2 is 2.06 bits per heavy atom. The number of allylic oxidation sites excluding steroid dienone is 3. The van der Waals surface area contributed by atoms with Crippen LogP contribution in [-0.4, -0.2) is 55.8 Å². The van der Waals surface area contributed by atoms with E-state index in [1.165, 1.54) is 6.08 Å². The summed E-state index contributed by atoms with van der Waals surface area (Å²) in [5.74, 6) is -1.42. The molecule has 0 atom stereocenters. The third-order valence-corrected chi connectivity index (χ3v) is 6.03. The van der Waals surface area contributed by atoms with Gasteiger partial charge in [-0.2, -0.15) is 0 Å². The Hall–Kier alpha value is -3.73. The van der Waals surface area contributed by atoms with E-state index in [0.717, 1.165) is 0 Å². The number of amidine groups is 2. The van der Waals surface area contributed by atoms with Crippen LogP contribution in [-0.2, 0) is 24.3 Å². The number of amides is 1. The molecule has 4 rings (SSSR count). The number of hydrogen-bond acceptors (Lipinski definition) is 8. The minimum Gasteiger partial charge on any atom is -0.462 e. The lowest BCUT2D eigenvalue weighted by atomic mass is 10.1. The highest BCUT2D eigenvalue weighted by atomic mass is 32.2. The van der Waals surface area contributed by atoms with Crippen molar-refractivity contribution in [1.29, 1.82) is 0 Å². The van der Waals surface area contributed by atoms with Crippen LogP contribution in [0.15, 0.2) is 68.9 Å². The number of carbonyl (C=O) groups excluding carboxylic acids is 2. The molecule has 0 aliphatic carbocycles. The van der Waals surface area contributed by atoms with Gasteiger partial charge < -0.3 is 20.3 Å². The number of nitrogens with one attached hydrogen (secondary N) is 2. The van der Waals surface area contributed by atoms with Gasteiger partial charge in [-0.15, -0.1) is 4.40 Å². The van der Waals surface area contributed by atoms with Crippen LogP contribution in [0.3, 0.4) is 0 Å². The molecule has 166 valence electrons. The standard InChI is InChI=1S/C21H21N5O5S/c1-3-31-21(28)17-13(2)22-15-8-4-5-9-16(15)23-18(17)24-20(27)14-7-6-10-26-11-12-32(29,30)25-19(14)26/h4-10,22H,3,11-12H2,1-2H3,(H,23,24,27). The van der Waals surface area contributed by atoms with Gasteiger partial charge >= 0.3 is 5.97 Å². The molecule has 0 radical (unpaired) electrons. The number of nitrogens with zero attached hydrogens (tertiary/aromatic N) is 3. The molecule has 3 aliphatic heterocycles. The molecule has 0 bridgehead atoms. The molecule has 11 heteroatoms. The molecule has 0 unspecified atom stereocenters. The number of benzene rings is 1. The lowest BCUT2D eigenvalue weighted by molar-refractivity contribution is -0.137. The molecule has 1 aromatic rings. The van der Waals surface area contributed by atoms with Gasteiger partial charge in [-0.1, -0.05) is 12.1 Å². The molecule has 3 aliphatic rings. The Balaban J connectivity index is 1.74. The second-order valence-electron chi connectivity index (χ2n) is 7.09. The number of esters is 1. The van der Waals surface area contributed by atoms with Crippen molar-refractivity contribution in [2.75, 3.05) is 24.2 Å². The molecule has 3 heterocycles. The van der Waals surface area contributed by atoms with Crippen LogP contribution in [0.1, 0.15) is 13.8 Å². The maximum absolute atomic E-state index is 13.2. The normalized spacial score (nSPS) is 18.8. The highest BCUT2D eigenvalue weighted by Gasteiger charge is 2.32. The average molecular weight is 455 g/mol. The van der Waals surface area contributed by atoms with E-state index in [9.17, 15) is 18.0 Å². The third kappa shape index (κ3) is 4.19. The largest absolute Gasteiger partial charge is 0.462 e. The Kier molecular flexibility index (Phi) is 5.66. The quantitative estimate of drug-likeness (QED) is 0.662. The second-order valence-corrected chi connectivity index (χ2v) is 8.85. The molecule has 0 saturated heterocycles. The Bertz CT molecular complexity index is 1260. The zero-order valence-corrected chi connectivity index (χ0v) is 18.3. The van der Waals surface area contributed by atoms with E-state index in [1.807, 2.05) is 6.07 Å². The number of hydrogen-bond donors (Lipinski definition) is 2. The molecule has 2 N–H and O–H groups in total. The van der Waals surface area contributed by atoms with Crippen LogP contribution in [0.2, 0.25) is 0 Å². The first-order valence-corrected chi connectivity index (χ1v) is 11.5. The molecular formula is C21H21N5O5S. The van der Waals surface area contributed by atoms with Gasteiger partial charge in [0, 0.05) is 18.4 Å². The fourth-order valence-electron chi connectivity index (χ4n) is 3.41. The van der Waals surface area contributed by atoms with Gasteiger partial charge in [0.1, 0.15) is 11.4 Å². The molecule has 10 nitrogen and oxygen atoms in total. The lowest BCUT2D eigenvalue weighted by Gasteiger charge is -2.28. The first-order chi connectivity index (χ1) is 15.3. The molecule has 0 saturated carbocycles.